The predicted molar refractivity (Wildman–Crippen MR) is 81.1 cm³/mol. The molecule has 0 radical (unpaired) electrons. The van der Waals surface area contributed by atoms with Crippen LogP contribution in [0.2, 0.25) is 0 Å². The molecule has 2 amide bonds. The average molecular weight is 306 g/mol. The molecule has 0 aliphatic heterocycles. The topological polar surface area (TPSA) is 71.3 Å². The quantitative estimate of drug-likeness (QED) is 0.915. The van der Waals surface area contributed by atoms with Crippen LogP contribution in [0.4, 0.5) is 4.39 Å². The summed E-state index contributed by atoms with van der Waals surface area (Å²) in [6.07, 6.45) is 0. The zero-order valence-corrected chi connectivity index (χ0v) is 13.0. The minimum Gasteiger partial charge on any atom is -0.451 e. The summed E-state index contributed by atoms with van der Waals surface area (Å²) in [4.78, 5) is 23.8. The molecule has 2 rings (SSSR count). The maximum atomic E-state index is 13.2. The summed E-state index contributed by atoms with van der Waals surface area (Å²) in [5, 5.41) is 5.79. The molecule has 0 aliphatic carbocycles. The van der Waals surface area contributed by atoms with Crippen LogP contribution in [0, 0.1) is 12.7 Å². The Morgan fingerprint density at radius 1 is 1.27 bits per heavy atom. The Hall–Kier alpha value is -2.37. The lowest BCUT2D eigenvalue weighted by atomic mass is 10.1. The van der Waals surface area contributed by atoms with Gasteiger partial charge in [0.05, 0.1) is 6.54 Å². The van der Waals surface area contributed by atoms with Crippen LogP contribution >= 0.6 is 0 Å². The van der Waals surface area contributed by atoms with Crippen molar-refractivity contribution in [3.05, 3.63) is 35.3 Å². The van der Waals surface area contributed by atoms with Crippen LogP contribution in [0.1, 0.15) is 36.9 Å². The number of furan rings is 1. The monoisotopic (exact) mass is 306 g/mol. The number of aryl methyl sites for hydroxylation is 1. The second-order valence-corrected chi connectivity index (χ2v) is 6.18. The number of halogens is 1. The van der Waals surface area contributed by atoms with Crippen molar-refractivity contribution < 1.29 is 18.4 Å². The normalized spacial score (nSPS) is 11.5. The van der Waals surface area contributed by atoms with Gasteiger partial charge in [0.25, 0.3) is 5.91 Å². The molecule has 0 saturated heterocycles. The molecule has 0 unspecified atom stereocenters. The third kappa shape index (κ3) is 3.63. The summed E-state index contributed by atoms with van der Waals surface area (Å²) in [7, 11) is 0. The van der Waals surface area contributed by atoms with Gasteiger partial charge in [0.1, 0.15) is 11.4 Å². The predicted octanol–water partition coefficient (Wildman–Crippen LogP) is 2.52. The van der Waals surface area contributed by atoms with E-state index in [0.29, 0.717) is 16.5 Å². The molecule has 2 N–H and O–H groups in total. The first-order chi connectivity index (χ1) is 10.2. The number of hydrogen-bond acceptors (Lipinski definition) is 3. The van der Waals surface area contributed by atoms with E-state index in [2.05, 4.69) is 10.6 Å². The van der Waals surface area contributed by atoms with Crippen LogP contribution in [0.25, 0.3) is 11.0 Å². The fourth-order valence-corrected chi connectivity index (χ4v) is 2.11. The molecule has 0 spiro atoms. The van der Waals surface area contributed by atoms with E-state index in [-0.39, 0.29) is 23.8 Å². The Balaban J connectivity index is 2.10. The molecule has 1 aromatic carbocycles. The number of carbonyl (C=O) groups excluding carboxylic acids is 2. The number of nitrogens with one attached hydrogen (secondary N) is 2. The fraction of sp³-hybridized carbons (Fsp3) is 0.375. The highest BCUT2D eigenvalue weighted by Gasteiger charge is 2.19. The fourth-order valence-electron chi connectivity index (χ4n) is 2.11. The van der Waals surface area contributed by atoms with Crippen molar-refractivity contribution in [2.24, 2.45) is 0 Å². The first kappa shape index (κ1) is 16.0. The van der Waals surface area contributed by atoms with Gasteiger partial charge in [-0.2, -0.15) is 0 Å². The zero-order valence-electron chi connectivity index (χ0n) is 13.0. The van der Waals surface area contributed by atoms with E-state index in [4.69, 9.17) is 4.42 Å². The van der Waals surface area contributed by atoms with Gasteiger partial charge in [0, 0.05) is 16.5 Å². The number of rotatable bonds is 3. The van der Waals surface area contributed by atoms with Gasteiger partial charge < -0.3 is 15.1 Å². The first-order valence-corrected chi connectivity index (χ1v) is 6.95. The Morgan fingerprint density at radius 2 is 1.95 bits per heavy atom. The Kier molecular flexibility index (Phi) is 4.21. The molecule has 0 fully saturated rings. The Labute approximate surface area is 127 Å². The molecule has 22 heavy (non-hydrogen) atoms. The van der Waals surface area contributed by atoms with Crippen LogP contribution < -0.4 is 10.6 Å². The van der Waals surface area contributed by atoms with E-state index in [1.165, 1.54) is 18.2 Å². The third-order valence-electron chi connectivity index (χ3n) is 3.03. The van der Waals surface area contributed by atoms with Crippen molar-refractivity contribution in [2.75, 3.05) is 6.54 Å². The third-order valence-corrected chi connectivity index (χ3v) is 3.03. The summed E-state index contributed by atoms with van der Waals surface area (Å²) in [6.45, 7) is 7.08. The highest BCUT2D eigenvalue weighted by atomic mass is 19.1. The second kappa shape index (κ2) is 5.79. The number of amides is 2. The van der Waals surface area contributed by atoms with Crippen molar-refractivity contribution in [3.63, 3.8) is 0 Å². The van der Waals surface area contributed by atoms with E-state index in [1.807, 2.05) is 20.8 Å². The van der Waals surface area contributed by atoms with Crippen molar-refractivity contribution in [1.29, 1.82) is 0 Å². The first-order valence-electron chi connectivity index (χ1n) is 6.95. The van der Waals surface area contributed by atoms with E-state index in [1.54, 1.807) is 6.92 Å². The van der Waals surface area contributed by atoms with Crippen LogP contribution in [0.3, 0.4) is 0 Å². The lowest BCUT2D eigenvalue weighted by Crippen LogP contribution is -2.45. The molecule has 1 aromatic heterocycles. The number of hydrogen-bond donors (Lipinski definition) is 2. The molecule has 1 heterocycles. The van der Waals surface area contributed by atoms with Gasteiger partial charge in [-0.25, -0.2) is 4.39 Å². The van der Waals surface area contributed by atoms with Gasteiger partial charge in [-0.15, -0.1) is 0 Å². The van der Waals surface area contributed by atoms with Crippen LogP contribution in [0.5, 0.6) is 0 Å². The lowest BCUT2D eigenvalue weighted by molar-refractivity contribution is -0.121. The maximum Gasteiger partial charge on any atom is 0.287 e. The molecular formula is C16H19FN2O3. The smallest absolute Gasteiger partial charge is 0.287 e. The number of benzene rings is 1. The number of carbonyl (C=O) groups is 2. The highest BCUT2D eigenvalue weighted by Crippen LogP contribution is 2.25. The molecule has 0 saturated carbocycles. The van der Waals surface area contributed by atoms with Crippen molar-refractivity contribution >= 4 is 22.8 Å². The molecule has 2 aromatic rings. The molecular weight excluding hydrogens is 287 g/mol. The summed E-state index contributed by atoms with van der Waals surface area (Å²) >= 11 is 0. The molecule has 0 bridgehead atoms. The molecule has 118 valence electrons. The Morgan fingerprint density at radius 3 is 2.59 bits per heavy atom. The van der Waals surface area contributed by atoms with Gasteiger partial charge in [0.15, 0.2) is 5.76 Å². The maximum absolute atomic E-state index is 13.2. The van der Waals surface area contributed by atoms with Gasteiger partial charge >= 0.3 is 0 Å². The van der Waals surface area contributed by atoms with Gasteiger partial charge in [-0.1, -0.05) is 0 Å². The summed E-state index contributed by atoms with van der Waals surface area (Å²) in [6, 6.07) is 4.06. The summed E-state index contributed by atoms with van der Waals surface area (Å²) in [5.41, 5.74) is 0.612. The van der Waals surface area contributed by atoms with Crippen LogP contribution in [-0.4, -0.2) is 23.9 Å². The SMILES string of the molecule is Cc1c(C(=O)NCC(=O)NC(C)(C)C)oc2ccc(F)cc12. The minimum atomic E-state index is -0.502. The van der Waals surface area contributed by atoms with Crippen molar-refractivity contribution in [1.82, 2.24) is 10.6 Å². The van der Waals surface area contributed by atoms with E-state index in [9.17, 15) is 14.0 Å². The van der Waals surface area contributed by atoms with E-state index >= 15 is 0 Å². The van der Waals surface area contributed by atoms with Crippen molar-refractivity contribution in [3.8, 4) is 0 Å². The van der Waals surface area contributed by atoms with Gasteiger partial charge in [-0.05, 0) is 45.9 Å². The molecule has 6 heteroatoms. The standard InChI is InChI=1S/C16H19FN2O3/c1-9-11-7-10(17)5-6-12(11)22-14(9)15(21)18-8-13(20)19-16(2,3)4/h5-7H,8H2,1-4H3,(H,18,21)(H,19,20). The van der Waals surface area contributed by atoms with Crippen molar-refractivity contribution in [2.45, 2.75) is 33.2 Å². The largest absolute Gasteiger partial charge is 0.451 e. The van der Waals surface area contributed by atoms with Gasteiger partial charge in [-0.3, -0.25) is 9.59 Å². The molecule has 5 nitrogen and oxygen atoms in total. The van der Waals surface area contributed by atoms with E-state index < -0.39 is 11.7 Å². The molecule has 0 atom stereocenters. The Bertz CT molecular complexity index is 729. The second-order valence-electron chi connectivity index (χ2n) is 6.18. The van der Waals surface area contributed by atoms with Crippen LogP contribution in [0.15, 0.2) is 22.6 Å². The summed E-state index contributed by atoms with van der Waals surface area (Å²) in [5.74, 6) is -1.10. The van der Waals surface area contributed by atoms with Crippen LogP contribution in [-0.2, 0) is 4.79 Å². The highest BCUT2D eigenvalue weighted by molar-refractivity contribution is 6.00. The lowest BCUT2D eigenvalue weighted by Gasteiger charge is -2.20. The molecule has 0 aliphatic rings. The van der Waals surface area contributed by atoms with E-state index in [0.717, 1.165) is 0 Å². The average Bonchev–Trinajstić information content (AvgIpc) is 2.71. The zero-order chi connectivity index (χ0) is 16.5. The number of fused-ring (bicyclic) bond motifs is 1. The van der Waals surface area contributed by atoms with Gasteiger partial charge in [0.2, 0.25) is 5.91 Å². The summed E-state index contributed by atoms with van der Waals surface area (Å²) < 4.78 is 18.7. The minimum absolute atomic E-state index is 0.0872.